The first kappa shape index (κ1) is 13.6. The third-order valence-corrected chi connectivity index (χ3v) is 3.62. The molecule has 0 spiro atoms. The Bertz CT molecular complexity index is 484. The lowest BCUT2D eigenvalue weighted by atomic mass is 9.93. The normalized spacial score (nSPS) is 19.4. The van der Waals surface area contributed by atoms with Gasteiger partial charge in [0.25, 0.3) is 5.91 Å². The number of hydrogen-bond donors (Lipinski definition) is 0. The zero-order valence-corrected chi connectivity index (χ0v) is 11.4. The molecule has 19 heavy (non-hydrogen) atoms. The van der Waals surface area contributed by atoms with E-state index in [0.717, 1.165) is 6.42 Å². The van der Waals surface area contributed by atoms with Crippen LogP contribution in [0, 0.1) is 5.92 Å². The molecule has 102 valence electrons. The van der Waals surface area contributed by atoms with Crippen molar-refractivity contribution in [3.05, 3.63) is 29.8 Å². The smallest absolute Gasteiger partial charge is 0.254 e. The maximum absolute atomic E-state index is 12.4. The van der Waals surface area contributed by atoms with Crippen molar-refractivity contribution >= 4 is 11.7 Å². The Morgan fingerprint density at radius 1 is 1.47 bits per heavy atom. The zero-order valence-electron chi connectivity index (χ0n) is 11.4. The number of carbonyl (C=O) groups excluding carboxylic acids is 2. The Kier molecular flexibility index (Phi) is 4.20. The van der Waals surface area contributed by atoms with E-state index in [4.69, 9.17) is 4.74 Å². The van der Waals surface area contributed by atoms with Crippen molar-refractivity contribution in [1.29, 1.82) is 0 Å². The number of hydrogen-bond acceptors (Lipinski definition) is 3. The van der Waals surface area contributed by atoms with Crippen molar-refractivity contribution < 1.29 is 14.3 Å². The number of methoxy groups -OCH3 is 1. The van der Waals surface area contributed by atoms with Crippen LogP contribution in [0.4, 0.5) is 0 Å². The summed E-state index contributed by atoms with van der Waals surface area (Å²) in [4.78, 5) is 25.8. The van der Waals surface area contributed by atoms with Gasteiger partial charge in [0.1, 0.15) is 11.5 Å². The summed E-state index contributed by atoms with van der Waals surface area (Å²) >= 11 is 0. The van der Waals surface area contributed by atoms with Crippen LogP contribution in [0.15, 0.2) is 24.3 Å². The minimum absolute atomic E-state index is 0.0108. The topological polar surface area (TPSA) is 46.6 Å². The average Bonchev–Trinajstić information content (AvgIpc) is 2.47. The van der Waals surface area contributed by atoms with Crippen LogP contribution in [0.1, 0.15) is 30.1 Å². The minimum atomic E-state index is -0.0233. The molecule has 0 bridgehead atoms. The molecular weight excluding hydrogens is 242 g/mol. The summed E-state index contributed by atoms with van der Waals surface area (Å²) in [5.74, 6) is 0.913. The third-order valence-electron chi connectivity index (χ3n) is 3.62. The molecule has 1 unspecified atom stereocenters. The van der Waals surface area contributed by atoms with Gasteiger partial charge in [0.05, 0.1) is 7.11 Å². The number of likely N-dealkylation sites (tertiary alicyclic amines) is 1. The Hall–Kier alpha value is -1.84. The molecule has 1 aromatic carbocycles. The van der Waals surface area contributed by atoms with Crippen LogP contribution in [-0.2, 0) is 4.79 Å². The molecule has 1 saturated heterocycles. The van der Waals surface area contributed by atoms with Crippen LogP contribution in [0.3, 0.4) is 0 Å². The van der Waals surface area contributed by atoms with Crippen molar-refractivity contribution in [2.45, 2.75) is 19.8 Å². The fourth-order valence-electron chi connectivity index (χ4n) is 2.39. The van der Waals surface area contributed by atoms with E-state index in [1.54, 1.807) is 30.2 Å². The minimum Gasteiger partial charge on any atom is -0.497 e. The lowest BCUT2D eigenvalue weighted by Gasteiger charge is -2.31. The third kappa shape index (κ3) is 2.95. The molecule has 0 aromatic heterocycles. The van der Waals surface area contributed by atoms with Gasteiger partial charge in [-0.3, -0.25) is 9.59 Å². The van der Waals surface area contributed by atoms with Gasteiger partial charge in [-0.15, -0.1) is 0 Å². The molecule has 4 heteroatoms. The number of benzene rings is 1. The molecule has 1 amide bonds. The Morgan fingerprint density at radius 2 is 2.26 bits per heavy atom. The number of piperidine rings is 1. The number of rotatable bonds is 3. The second-order valence-electron chi connectivity index (χ2n) is 4.80. The van der Waals surface area contributed by atoms with Crippen LogP contribution >= 0.6 is 0 Å². The average molecular weight is 261 g/mol. The monoisotopic (exact) mass is 261 g/mol. The van der Waals surface area contributed by atoms with Crippen LogP contribution in [0.5, 0.6) is 5.75 Å². The fraction of sp³-hybridized carbons (Fsp3) is 0.467. The summed E-state index contributed by atoms with van der Waals surface area (Å²) in [6.45, 7) is 3.04. The van der Waals surface area contributed by atoms with Gasteiger partial charge in [-0.05, 0) is 24.6 Å². The van der Waals surface area contributed by atoms with E-state index in [9.17, 15) is 9.59 Å². The van der Waals surface area contributed by atoms with Crippen molar-refractivity contribution in [2.24, 2.45) is 5.92 Å². The number of amides is 1. The number of nitrogens with zero attached hydrogens (tertiary/aromatic N) is 1. The van der Waals surface area contributed by atoms with Gasteiger partial charge in [0.15, 0.2) is 0 Å². The van der Waals surface area contributed by atoms with E-state index in [1.807, 2.05) is 13.0 Å². The molecule has 1 aromatic rings. The lowest BCUT2D eigenvalue weighted by molar-refractivity contribution is -0.125. The van der Waals surface area contributed by atoms with Crippen LogP contribution in [0.25, 0.3) is 0 Å². The van der Waals surface area contributed by atoms with Gasteiger partial charge < -0.3 is 9.64 Å². The number of ether oxygens (including phenoxy) is 1. The first-order valence-corrected chi connectivity index (χ1v) is 6.61. The van der Waals surface area contributed by atoms with E-state index < -0.39 is 0 Å². The van der Waals surface area contributed by atoms with Crippen LogP contribution in [0.2, 0.25) is 0 Å². The van der Waals surface area contributed by atoms with Crippen LogP contribution < -0.4 is 4.74 Å². The first-order valence-electron chi connectivity index (χ1n) is 6.61. The Balaban J connectivity index is 2.13. The molecule has 1 aliphatic rings. The van der Waals surface area contributed by atoms with Gasteiger partial charge in [-0.2, -0.15) is 0 Å². The number of carbonyl (C=O) groups is 2. The summed E-state index contributed by atoms with van der Waals surface area (Å²) in [5.41, 5.74) is 0.614. The molecule has 0 aliphatic carbocycles. The quantitative estimate of drug-likeness (QED) is 0.837. The molecule has 2 rings (SSSR count). The summed E-state index contributed by atoms with van der Waals surface area (Å²) in [7, 11) is 1.58. The summed E-state index contributed by atoms with van der Waals surface area (Å²) in [5, 5.41) is 0. The summed E-state index contributed by atoms with van der Waals surface area (Å²) < 4.78 is 5.13. The lowest BCUT2D eigenvalue weighted by Crippen LogP contribution is -2.43. The molecule has 0 N–H and O–H groups in total. The van der Waals surface area contributed by atoms with Crippen molar-refractivity contribution in [3.63, 3.8) is 0 Å². The molecule has 0 saturated carbocycles. The molecule has 1 heterocycles. The molecular formula is C15H19NO3. The van der Waals surface area contributed by atoms with Crippen LogP contribution in [-0.4, -0.2) is 36.8 Å². The maximum Gasteiger partial charge on any atom is 0.254 e. The predicted molar refractivity (Wildman–Crippen MR) is 72.3 cm³/mol. The highest BCUT2D eigenvalue weighted by molar-refractivity contribution is 5.96. The van der Waals surface area contributed by atoms with E-state index in [-0.39, 0.29) is 17.6 Å². The standard InChI is InChI=1S/C15H19NO3/c1-3-11-10-16(8-7-14(11)17)15(18)12-5-4-6-13(9-12)19-2/h4-6,9,11H,3,7-8,10H2,1-2H3. The van der Waals surface area contributed by atoms with Gasteiger partial charge >= 0.3 is 0 Å². The van der Waals surface area contributed by atoms with Gasteiger partial charge in [0, 0.05) is 31.0 Å². The summed E-state index contributed by atoms with van der Waals surface area (Å²) in [6, 6.07) is 7.13. The molecule has 1 aliphatic heterocycles. The molecule has 1 fully saturated rings. The second kappa shape index (κ2) is 5.87. The fourth-order valence-corrected chi connectivity index (χ4v) is 2.39. The Morgan fingerprint density at radius 3 is 2.95 bits per heavy atom. The molecule has 4 nitrogen and oxygen atoms in total. The predicted octanol–water partition coefficient (Wildman–Crippen LogP) is 2.14. The number of ketones is 1. The zero-order chi connectivity index (χ0) is 13.8. The highest BCUT2D eigenvalue weighted by Gasteiger charge is 2.29. The van der Waals surface area contributed by atoms with E-state index >= 15 is 0 Å². The Labute approximate surface area is 113 Å². The highest BCUT2D eigenvalue weighted by Crippen LogP contribution is 2.20. The largest absolute Gasteiger partial charge is 0.497 e. The van der Waals surface area contributed by atoms with Gasteiger partial charge in [-0.25, -0.2) is 0 Å². The van der Waals surface area contributed by atoms with Gasteiger partial charge in [0.2, 0.25) is 0 Å². The molecule has 0 radical (unpaired) electrons. The van der Waals surface area contributed by atoms with E-state index in [2.05, 4.69) is 0 Å². The second-order valence-corrected chi connectivity index (χ2v) is 4.80. The van der Waals surface area contributed by atoms with E-state index in [1.165, 1.54) is 0 Å². The first-order chi connectivity index (χ1) is 9.15. The van der Waals surface area contributed by atoms with Gasteiger partial charge in [-0.1, -0.05) is 13.0 Å². The molecule has 1 atom stereocenters. The number of Topliss-reactive ketones (excluding diaryl/α,β-unsaturated/α-hetero) is 1. The SMILES string of the molecule is CCC1CN(C(=O)c2cccc(OC)c2)CCC1=O. The maximum atomic E-state index is 12.4. The van der Waals surface area contributed by atoms with Crippen molar-refractivity contribution in [2.75, 3.05) is 20.2 Å². The van der Waals surface area contributed by atoms with Crippen molar-refractivity contribution in [1.82, 2.24) is 4.90 Å². The van der Waals surface area contributed by atoms with E-state index in [0.29, 0.717) is 30.8 Å². The highest BCUT2D eigenvalue weighted by atomic mass is 16.5. The summed E-state index contributed by atoms with van der Waals surface area (Å²) in [6.07, 6.45) is 1.26. The van der Waals surface area contributed by atoms with Crippen molar-refractivity contribution in [3.8, 4) is 5.75 Å².